The lowest BCUT2D eigenvalue weighted by molar-refractivity contribution is 0.0792. The molecule has 0 radical (unpaired) electrons. The van der Waals surface area contributed by atoms with E-state index in [1.54, 1.807) is 13.1 Å². The zero-order chi connectivity index (χ0) is 23.4. The van der Waals surface area contributed by atoms with E-state index in [9.17, 15) is 10.2 Å². The molecule has 1 aliphatic rings. The molecule has 3 aromatic heterocycles. The Morgan fingerprint density at radius 2 is 1.88 bits per heavy atom. The molecule has 3 aromatic rings. The minimum atomic E-state index is -0.676. The molecule has 9 heteroatoms. The highest BCUT2D eigenvalue weighted by Gasteiger charge is 2.17. The van der Waals surface area contributed by atoms with Crippen LogP contribution in [0.2, 0.25) is 0 Å². The van der Waals surface area contributed by atoms with Gasteiger partial charge < -0.3 is 20.8 Å². The summed E-state index contributed by atoms with van der Waals surface area (Å²) in [5, 5.41) is 27.0. The lowest BCUT2D eigenvalue weighted by Crippen LogP contribution is -2.35. The van der Waals surface area contributed by atoms with Gasteiger partial charge in [0, 0.05) is 44.0 Å². The van der Waals surface area contributed by atoms with E-state index in [0.29, 0.717) is 34.7 Å². The van der Waals surface area contributed by atoms with Crippen LogP contribution in [0.5, 0.6) is 0 Å². The number of piperidine rings is 1. The fourth-order valence-electron chi connectivity index (χ4n) is 3.80. The standard InChI is InChI=1S/C24H33N7O2/c1-15(2)11-26-23-22-18(10-20(28-23)16(3)32)13-27-24(30-22)29-21-5-4-17(12-25-21)14-31-8-6-19(33)7-9-31/h4-5,10,12-13,15-16,19,32-33H,6-9,11,14H2,1-3H3,(H,26,28)(H,25,27,29,30). The molecule has 0 aliphatic carbocycles. The number of aromatic nitrogens is 4. The molecule has 0 aromatic carbocycles. The van der Waals surface area contributed by atoms with Crippen molar-refractivity contribution in [3.8, 4) is 0 Å². The molecule has 1 fully saturated rings. The molecule has 4 N–H and O–H groups in total. The Hall–Kier alpha value is -2.88. The van der Waals surface area contributed by atoms with Gasteiger partial charge in [-0.2, -0.15) is 0 Å². The number of hydrogen-bond acceptors (Lipinski definition) is 9. The molecular formula is C24H33N7O2. The second kappa shape index (κ2) is 10.4. The van der Waals surface area contributed by atoms with Gasteiger partial charge in [-0.1, -0.05) is 19.9 Å². The van der Waals surface area contributed by atoms with Gasteiger partial charge in [0.05, 0.1) is 17.9 Å². The number of likely N-dealkylation sites (tertiary alicyclic amines) is 1. The Balaban J connectivity index is 1.49. The van der Waals surface area contributed by atoms with Gasteiger partial charge in [0.1, 0.15) is 11.3 Å². The SMILES string of the molecule is CC(C)CNc1nc(C(C)O)cc2cnc(Nc3ccc(CN4CCC(O)CC4)cn3)nc12. The molecule has 4 heterocycles. The molecular weight excluding hydrogens is 418 g/mol. The van der Waals surface area contributed by atoms with Crippen molar-refractivity contribution in [2.45, 2.75) is 52.4 Å². The predicted molar refractivity (Wildman–Crippen MR) is 129 cm³/mol. The molecule has 1 aliphatic heterocycles. The number of nitrogens with zero attached hydrogens (tertiary/aromatic N) is 5. The normalized spacial score (nSPS) is 16.3. The van der Waals surface area contributed by atoms with Crippen molar-refractivity contribution < 1.29 is 10.2 Å². The third-order valence-corrected chi connectivity index (χ3v) is 5.72. The third-order valence-electron chi connectivity index (χ3n) is 5.72. The van der Waals surface area contributed by atoms with Crippen LogP contribution >= 0.6 is 0 Å². The van der Waals surface area contributed by atoms with Gasteiger partial charge in [-0.05, 0) is 43.4 Å². The lowest BCUT2D eigenvalue weighted by Gasteiger charge is -2.29. The minimum Gasteiger partial charge on any atom is -0.393 e. The first kappa shape index (κ1) is 23.3. The van der Waals surface area contributed by atoms with Crippen LogP contribution < -0.4 is 10.6 Å². The van der Waals surface area contributed by atoms with Crippen molar-refractivity contribution in [1.82, 2.24) is 24.8 Å². The van der Waals surface area contributed by atoms with Crippen LogP contribution in [0.15, 0.2) is 30.6 Å². The summed E-state index contributed by atoms with van der Waals surface area (Å²) in [6.45, 7) is 9.33. The Bertz CT molecular complexity index is 1060. The van der Waals surface area contributed by atoms with E-state index in [1.165, 1.54) is 0 Å². The number of hydrogen-bond donors (Lipinski definition) is 4. The van der Waals surface area contributed by atoms with Crippen molar-refractivity contribution in [2.75, 3.05) is 30.3 Å². The number of rotatable bonds is 8. The van der Waals surface area contributed by atoms with E-state index >= 15 is 0 Å². The topological polar surface area (TPSA) is 119 Å². The first-order valence-corrected chi connectivity index (χ1v) is 11.6. The summed E-state index contributed by atoms with van der Waals surface area (Å²) in [5.41, 5.74) is 2.41. The number of anilines is 3. The zero-order valence-corrected chi connectivity index (χ0v) is 19.5. The van der Waals surface area contributed by atoms with Crippen molar-refractivity contribution in [2.24, 2.45) is 5.92 Å². The smallest absolute Gasteiger partial charge is 0.229 e. The lowest BCUT2D eigenvalue weighted by atomic mass is 10.1. The maximum absolute atomic E-state index is 10.0. The van der Waals surface area contributed by atoms with E-state index in [4.69, 9.17) is 0 Å². The van der Waals surface area contributed by atoms with E-state index < -0.39 is 6.10 Å². The summed E-state index contributed by atoms with van der Waals surface area (Å²) in [6.07, 6.45) is 4.41. The van der Waals surface area contributed by atoms with Crippen molar-refractivity contribution in [3.05, 3.63) is 41.9 Å². The summed E-state index contributed by atoms with van der Waals surface area (Å²) in [5.74, 6) is 2.18. The first-order valence-electron chi connectivity index (χ1n) is 11.6. The third kappa shape index (κ3) is 6.13. The minimum absolute atomic E-state index is 0.164. The van der Waals surface area contributed by atoms with Gasteiger partial charge in [0.15, 0.2) is 5.82 Å². The Kier molecular flexibility index (Phi) is 7.32. The van der Waals surface area contributed by atoms with E-state index in [2.05, 4.69) is 49.3 Å². The fraction of sp³-hybridized carbons (Fsp3) is 0.500. The van der Waals surface area contributed by atoms with Crippen molar-refractivity contribution in [3.63, 3.8) is 0 Å². The van der Waals surface area contributed by atoms with Crippen LogP contribution in [-0.2, 0) is 6.54 Å². The highest BCUT2D eigenvalue weighted by atomic mass is 16.3. The number of pyridine rings is 2. The summed E-state index contributed by atoms with van der Waals surface area (Å²) in [6, 6.07) is 5.79. The van der Waals surface area contributed by atoms with Gasteiger partial charge in [-0.15, -0.1) is 0 Å². The average Bonchev–Trinajstić information content (AvgIpc) is 2.80. The maximum atomic E-state index is 10.0. The number of nitrogens with one attached hydrogen (secondary N) is 2. The summed E-state index contributed by atoms with van der Waals surface area (Å²) >= 11 is 0. The average molecular weight is 452 g/mol. The number of fused-ring (bicyclic) bond motifs is 1. The second-order valence-electron chi connectivity index (χ2n) is 9.16. The zero-order valence-electron chi connectivity index (χ0n) is 19.5. The molecule has 33 heavy (non-hydrogen) atoms. The summed E-state index contributed by atoms with van der Waals surface area (Å²) < 4.78 is 0. The highest BCUT2D eigenvalue weighted by molar-refractivity contribution is 5.89. The number of aliphatic hydroxyl groups is 2. The second-order valence-corrected chi connectivity index (χ2v) is 9.16. The monoisotopic (exact) mass is 451 g/mol. The molecule has 0 saturated carbocycles. The van der Waals surface area contributed by atoms with Crippen LogP contribution in [0.4, 0.5) is 17.6 Å². The molecule has 0 amide bonds. The first-order chi connectivity index (χ1) is 15.9. The molecule has 4 rings (SSSR count). The van der Waals surface area contributed by atoms with Gasteiger partial charge >= 0.3 is 0 Å². The Morgan fingerprint density at radius 3 is 2.55 bits per heavy atom. The van der Waals surface area contributed by atoms with Gasteiger partial charge in [0.2, 0.25) is 5.95 Å². The Labute approximate surface area is 194 Å². The molecule has 0 spiro atoms. The van der Waals surface area contributed by atoms with Crippen LogP contribution in [-0.4, -0.2) is 60.8 Å². The number of aliphatic hydroxyl groups excluding tert-OH is 2. The maximum Gasteiger partial charge on any atom is 0.229 e. The summed E-state index contributed by atoms with van der Waals surface area (Å²) in [7, 11) is 0. The molecule has 1 saturated heterocycles. The van der Waals surface area contributed by atoms with E-state index in [-0.39, 0.29) is 6.10 Å². The molecule has 9 nitrogen and oxygen atoms in total. The van der Waals surface area contributed by atoms with Crippen LogP contribution in [0, 0.1) is 5.92 Å². The predicted octanol–water partition coefficient (Wildman–Crippen LogP) is 3.24. The van der Waals surface area contributed by atoms with Gasteiger partial charge in [0.25, 0.3) is 0 Å². The largest absolute Gasteiger partial charge is 0.393 e. The quantitative estimate of drug-likeness (QED) is 0.409. The van der Waals surface area contributed by atoms with Crippen LogP contribution in [0.3, 0.4) is 0 Å². The van der Waals surface area contributed by atoms with E-state index in [0.717, 1.165) is 50.0 Å². The highest BCUT2D eigenvalue weighted by Crippen LogP contribution is 2.25. The van der Waals surface area contributed by atoms with Gasteiger partial charge in [-0.3, -0.25) is 4.90 Å². The summed E-state index contributed by atoms with van der Waals surface area (Å²) in [4.78, 5) is 20.5. The van der Waals surface area contributed by atoms with Gasteiger partial charge in [-0.25, -0.2) is 19.9 Å². The Morgan fingerprint density at radius 1 is 1.09 bits per heavy atom. The molecule has 0 bridgehead atoms. The van der Waals surface area contributed by atoms with Crippen molar-refractivity contribution >= 4 is 28.5 Å². The van der Waals surface area contributed by atoms with Crippen LogP contribution in [0.1, 0.15) is 51.0 Å². The molecule has 1 atom stereocenters. The van der Waals surface area contributed by atoms with Crippen LogP contribution in [0.25, 0.3) is 10.9 Å². The molecule has 1 unspecified atom stereocenters. The fourth-order valence-corrected chi connectivity index (χ4v) is 3.80. The van der Waals surface area contributed by atoms with E-state index in [1.807, 2.05) is 24.4 Å². The molecule has 176 valence electrons. The van der Waals surface area contributed by atoms with Crippen molar-refractivity contribution in [1.29, 1.82) is 0 Å².